The molecule has 0 spiro atoms. The van der Waals surface area contributed by atoms with Gasteiger partial charge in [0, 0.05) is 19.6 Å². The Kier molecular flexibility index (Phi) is 5.98. The van der Waals surface area contributed by atoms with E-state index in [-0.39, 0.29) is 22.3 Å². The van der Waals surface area contributed by atoms with Crippen LogP contribution in [0.5, 0.6) is 5.75 Å². The van der Waals surface area contributed by atoms with Gasteiger partial charge >= 0.3 is 0 Å². The van der Waals surface area contributed by atoms with Crippen molar-refractivity contribution in [1.82, 2.24) is 9.03 Å². The highest BCUT2D eigenvalue weighted by Gasteiger charge is 2.26. The van der Waals surface area contributed by atoms with Crippen LogP contribution in [0.1, 0.15) is 12.8 Å². The van der Waals surface area contributed by atoms with Gasteiger partial charge in [-0.25, -0.2) is 21.6 Å². The molecule has 0 bridgehead atoms. The first-order valence-corrected chi connectivity index (χ1v) is 12.0. The number of nitrogens with zero attached hydrogens (tertiary/aromatic N) is 1. The predicted molar refractivity (Wildman–Crippen MR) is 99.4 cm³/mol. The fourth-order valence-electron chi connectivity index (χ4n) is 2.62. The van der Waals surface area contributed by atoms with Crippen LogP contribution in [0.25, 0.3) is 0 Å². The van der Waals surface area contributed by atoms with Crippen molar-refractivity contribution in [3.63, 3.8) is 0 Å². The molecule has 0 amide bonds. The summed E-state index contributed by atoms with van der Waals surface area (Å²) >= 11 is 1.15. The highest BCUT2D eigenvalue weighted by molar-refractivity contribution is 7.91. The molecule has 1 aliphatic rings. The van der Waals surface area contributed by atoms with Crippen LogP contribution in [0.15, 0.2) is 50.9 Å². The number of sulfonamides is 2. The molecule has 7 nitrogen and oxygen atoms in total. The minimum atomic E-state index is -3.50. The Morgan fingerprint density at radius 2 is 1.73 bits per heavy atom. The Hall–Kier alpha value is -1.46. The summed E-state index contributed by atoms with van der Waals surface area (Å²) in [7, 11) is -6.94. The van der Waals surface area contributed by atoms with Crippen molar-refractivity contribution in [3.05, 3.63) is 41.8 Å². The van der Waals surface area contributed by atoms with Crippen LogP contribution in [0.3, 0.4) is 0 Å². The first kappa shape index (κ1) is 19.3. The highest BCUT2D eigenvalue weighted by Crippen LogP contribution is 2.23. The maximum absolute atomic E-state index is 12.4. The Labute approximate surface area is 157 Å². The Bertz CT molecular complexity index is 917. The monoisotopic (exact) mass is 416 g/mol. The summed E-state index contributed by atoms with van der Waals surface area (Å²) in [4.78, 5) is 0.241. The van der Waals surface area contributed by atoms with Gasteiger partial charge in [-0.15, -0.1) is 11.3 Å². The van der Waals surface area contributed by atoms with E-state index in [4.69, 9.17) is 4.74 Å². The van der Waals surface area contributed by atoms with Gasteiger partial charge in [0.05, 0.1) is 4.90 Å². The largest absolute Gasteiger partial charge is 0.492 e. The fraction of sp³-hybridized carbons (Fsp3) is 0.375. The topological polar surface area (TPSA) is 92.8 Å². The van der Waals surface area contributed by atoms with E-state index in [0.29, 0.717) is 18.8 Å². The molecule has 0 radical (unpaired) electrons. The smallest absolute Gasteiger partial charge is 0.250 e. The molecule has 1 fully saturated rings. The lowest BCUT2D eigenvalue weighted by Crippen LogP contribution is -2.28. The first-order chi connectivity index (χ1) is 12.4. The average molecular weight is 417 g/mol. The number of thiophene rings is 1. The zero-order valence-corrected chi connectivity index (χ0v) is 16.4. The van der Waals surface area contributed by atoms with E-state index >= 15 is 0 Å². The van der Waals surface area contributed by atoms with Crippen LogP contribution in [0, 0.1) is 0 Å². The molecular formula is C16H20N2O5S3. The molecule has 0 aliphatic carbocycles. The number of hydrogen-bond donors (Lipinski definition) is 1. The van der Waals surface area contributed by atoms with Gasteiger partial charge in [0.1, 0.15) is 16.6 Å². The van der Waals surface area contributed by atoms with E-state index in [0.717, 1.165) is 24.2 Å². The van der Waals surface area contributed by atoms with Gasteiger partial charge in [0.15, 0.2) is 0 Å². The van der Waals surface area contributed by atoms with Gasteiger partial charge in [-0.3, -0.25) is 0 Å². The van der Waals surface area contributed by atoms with Crippen LogP contribution in [0.4, 0.5) is 0 Å². The molecule has 1 N–H and O–H groups in total. The SMILES string of the molecule is O=S(=O)(NCCOc1ccc(S(=O)(=O)N2CCCC2)cc1)c1cccs1. The summed E-state index contributed by atoms with van der Waals surface area (Å²) < 4.78 is 58.5. The third-order valence-corrected chi connectivity index (χ3v) is 8.72. The van der Waals surface area contributed by atoms with Crippen LogP contribution in [0.2, 0.25) is 0 Å². The summed E-state index contributed by atoms with van der Waals surface area (Å²) in [6.45, 7) is 1.38. The molecule has 3 rings (SSSR count). The maximum Gasteiger partial charge on any atom is 0.250 e. The first-order valence-electron chi connectivity index (χ1n) is 8.16. The number of rotatable bonds is 8. The molecular weight excluding hydrogens is 396 g/mol. The van der Waals surface area contributed by atoms with Gasteiger partial charge in [0.2, 0.25) is 20.0 Å². The standard InChI is InChI=1S/C16H20N2O5S3/c19-25(20,16-4-3-13-24-16)17-9-12-23-14-5-7-15(8-6-14)26(21,22)18-10-1-2-11-18/h3-8,13,17H,1-2,9-12H2. The zero-order valence-electron chi connectivity index (χ0n) is 14.0. The minimum Gasteiger partial charge on any atom is -0.492 e. The van der Waals surface area contributed by atoms with E-state index in [1.807, 2.05) is 0 Å². The molecule has 2 heterocycles. The summed E-state index contributed by atoms with van der Waals surface area (Å²) in [5.74, 6) is 0.487. The normalized spacial score (nSPS) is 16.0. The van der Waals surface area contributed by atoms with E-state index in [2.05, 4.69) is 4.72 Å². The van der Waals surface area contributed by atoms with E-state index in [1.54, 1.807) is 23.6 Å². The van der Waals surface area contributed by atoms with E-state index < -0.39 is 20.0 Å². The molecule has 0 atom stereocenters. The number of benzene rings is 1. The van der Waals surface area contributed by atoms with E-state index in [1.165, 1.54) is 22.5 Å². The van der Waals surface area contributed by atoms with Crippen molar-refractivity contribution in [1.29, 1.82) is 0 Å². The molecule has 1 saturated heterocycles. The van der Waals surface area contributed by atoms with Crippen molar-refractivity contribution in [2.75, 3.05) is 26.2 Å². The molecule has 1 aromatic carbocycles. The second kappa shape index (κ2) is 8.05. The quantitative estimate of drug-likeness (QED) is 0.664. The highest BCUT2D eigenvalue weighted by atomic mass is 32.2. The fourth-order valence-corrected chi connectivity index (χ4v) is 6.19. The molecule has 1 aromatic heterocycles. The summed E-state index contributed by atoms with van der Waals surface area (Å²) in [6, 6.07) is 9.39. The molecule has 0 unspecified atom stereocenters. The third-order valence-electron chi connectivity index (χ3n) is 3.95. The average Bonchev–Trinajstić information content (AvgIpc) is 3.33. The zero-order chi connectivity index (χ0) is 18.6. The number of hydrogen-bond acceptors (Lipinski definition) is 6. The number of nitrogens with one attached hydrogen (secondary N) is 1. The van der Waals surface area contributed by atoms with Crippen LogP contribution in [-0.2, 0) is 20.0 Å². The molecule has 1 aliphatic heterocycles. The van der Waals surface area contributed by atoms with Crippen LogP contribution < -0.4 is 9.46 Å². The van der Waals surface area contributed by atoms with Gasteiger partial charge in [-0.1, -0.05) is 6.07 Å². The minimum absolute atomic E-state index is 0.119. The lowest BCUT2D eigenvalue weighted by atomic mass is 10.3. The van der Waals surface area contributed by atoms with Gasteiger partial charge in [0.25, 0.3) is 0 Å². The van der Waals surface area contributed by atoms with Crippen molar-refractivity contribution >= 4 is 31.4 Å². The molecule has 10 heteroatoms. The second-order valence-electron chi connectivity index (χ2n) is 5.76. The van der Waals surface area contributed by atoms with Crippen LogP contribution >= 0.6 is 11.3 Å². The lowest BCUT2D eigenvalue weighted by Gasteiger charge is -2.15. The number of ether oxygens (including phenoxy) is 1. The maximum atomic E-state index is 12.4. The Morgan fingerprint density at radius 1 is 1.04 bits per heavy atom. The molecule has 2 aromatic rings. The molecule has 142 valence electrons. The predicted octanol–water partition coefficient (Wildman–Crippen LogP) is 1.89. The van der Waals surface area contributed by atoms with Crippen molar-refractivity contribution < 1.29 is 21.6 Å². The summed E-state index contributed by atoms with van der Waals surface area (Å²) in [5.41, 5.74) is 0. The van der Waals surface area contributed by atoms with Gasteiger partial charge in [-0.2, -0.15) is 4.31 Å². The van der Waals surface area contributed by atoms with E-state index in [9.17, 15) is 16.8 Å². The van der Waals surface area contributed by atoms with Gasteiger partial charge in [-0.05, 0) is 48.6 Å². The Balaban J connectivity index is 1.52. The summed E-state index contributed by atoms with van der Waals surface area (Å²) in [6.07, 6.45) is 1.78. The van der Waals surface area contributed by atoms with Gasteiger partial charge < -0.3 is 4.74 Å². The second-order valence-corrected chi connectivity index (χ2v) is 10.6. The summed E-state index contributed by atoms with van der Waals surface area (Å²) in [5, 5.41) is 1.70. The van der Waals surface area contributed by atoms with Crippen molar-refractivity contribution in [2.45, 2.75) is 21.9 Å². The Morgan fingerprint density at radius 3 is 2.35 bits per heavy atom. The lowest BCUT2D eigenvalue weighted by molar-refractivity contribution is 0.322. The third kappa shape index (κ3) is 4.44. The molecule has 26 heavy (non-hydrogen) atoms. The van der Waals surface area contributed by atoms with Crippen LogP contribution in [-0.4, -0.2) is 47.4 Å². The van der Waals surface area contributed by atoms with Crippen molar-refractivity contribution in [2.24, 2.45) is 0 Å². The van der Waals surface area contributed by atoms with Crippen molar-refractivity contribution in [3.8, 4) is 5.75 Å². The molecule has 0 saturated carbocycles.